The number of carbonyl (C=O) groups is 1. The van der Waals surface area contributed by atoms with Gasteiger partial charge in [-0.1, -0.05) is 59.3 Å². The van der Waals surface area contributed by atoms with Gasteiger partial charge in [0, 0.05) is 11.3 Å². The number of aromatic nitrogens is 2. The van der Waals surface area contributed by atoms with E-state index in [4.69, 9.17) is 4.52 Å². The number of benzene rings is 3. The molecule has 1 unspecified atom stereocenters. The standard InChI is InChI=1S/C27H22F2N4O2/c1-16-6-8-18(9-7-16)15-33-17(2)23(24(30-27(33)34)19-10-12-21(28)13-11-19)26-31-25(32-35-26)20-4-3-5-22(29)14-20/h3-14,24H,15H2,1-2H3,(H,30,34). The van der Waals surface area contributed by atoms with E-state index in [-0.39, 0.29) is 23.6 Å². The first kappa shape index (κ1) is 22.5. The number of urea groups is 1. The molecule has 0 aliphatic carbocycles. The van der Waals surface area contributed by atoms with Crippen LogP contribution in [0.3, 0.4) is 0 Å². The molecule has 0 bridgehead atoms. The van der Waals surface area contributed by atoms with Gasteiger partial charge in [-0.15, -0.1) is 0 Å². The van der Waals surface area contributed by atoms with E-state index in [1.54, 1.807) is 29.2 Å². The van der Waals surface area contributed by atoms with Crippen molar-refractivity contribution in [2.45, 2.75) is 26.4 Å². The van der Waals surface area contributed by atoms with E-state index in [2.05, 4.69) is 15.5 Å². The van der Waals surface area contributed by atoms with Crippen molar-refractivity contribution >= 4 is 11.6 Å². The molecule has 35 heavy (non-hydrogen) atoms. The average molecular weight is 472 g/mol. The molecule has 0 fully saturated rings. The fourth-order valence-corrected chi connectivity index (χ4v) is 4.11. The van der Waals surface area contributed by atoms with Gasteiger partial charge in [0.1, 0.15) is 11.6 Å². The molecule has 8 heteroatoms. The van der Waals surface area contributed by atoms with Gasteiger partial charge < -0.3 is 9.84 Å². The molecule has 1 aliphatic rings. The number of hydrogen-bond acceptors (Lipinski definition) is 4. The van der Waals surface area contributed by atoms with Gasteiger partial charge in [0.05, 0.1) is 18.2 Å². The Bertz CT molecular complexity index is 1410. The number of nitrogens with one attached hydrogen (secondary N) is 1. The number of nitrogens with zero attached hydrogens (tertiary/aromatic N) is 3. The summed E-state index contributed by atoms with van der Waals surface area (Å²) < 4.78 is 32.9. The van der Waals surface area contributed by atoms with Gasteiger partial charge in [-0.3, -0.25) is 4.90 Å². The van der Waals surface area contributed by atoms with E-state index in [0.717, 1.165) is 11.1 Å². The Kier molecular flexibility index (Phi) is 5.86. The molecule has 2 heterocycles. The summed E-state index contributed by atoms with van der Waals surface area (Å²) in [6.45, 7) is 4.15. The van der Waals surface area contributed by atoms with Gasteiger partial charge in [0.25, 0.3) is 5.89 Å². The lowest BCUT2D eigenvalue weighted by atomic mass is 9.94. The predicted molar refractivity (Wildman–Crippen MR) is 127 cm³/mol. The summed E-state index contributed by atoms with van der Waals surface area (Å²) >= 11 is 0. The lowest BCUT2D eigenvalue weighted by Crippen LogP contribution is -2.45. The zero-order valence-corrected chi connectivity index (χ0v) is 19.1. The van der Waals surface area contributed by atoms with Gasteiger partial charge in [-0.25, -0.2) is 13.6 Å². The molecule has 0 spiro atoms. The van der Waals surface area contributed by atoms with Crippen molar-refractivity contribution in [1.82, 2.24) is 20.4 Å². The lowest BCUT2D eigenvalue weighted by Gasteiger charge is -2.35. The van der Waals surface area contributed by atoms with Crippen LogP contribution in [0.1, 0.15) is 35.5 Å². The van der Waals surface area contributed by atoms with Crippen LogP contribution < -0.4 is 5.32 Å². The SMILES string of the molecule is CC1=C(c2nc(-c3cccc(F)c3)no2)C(c2ccc(F)cc2)NC(=O)N1Cc1ccc(C)cc1. The first-order valence-electron chi connectivity index (χ1n) is 11.1. The van der Waals surface area contributed by atoms with Gasteiger partial charge in [-0.2, -0.15) is 4.98 Å². The van der Waals surface area contributed by atoms with Gasteiger partial charge >= 0.3 is 6.03 Å². The van der Waals surface area contributed by atoms with E-state index in [0.29, 0.717) is 28.9 Å². The van der Waals surface area contributed by atoms with Crippen molar-refractivity contribution in [2.24, 2.45) is 0 Å². The molecule has 6 nitrogen and oxygen atoms in total. The maximum absolute atomic E-state index is 13.7. The molecule has 1 aromatic heterocycles. The van der Waals surface area contributed by atoms with E-state index >= 15 is 0 Å². The van der Waals surface area contributed by atoms with Gasteiger partial charge in [0.15, 0.2) is 0 Å². The van der Waals surface area contributed by atoms with Crippen molar-refractivity contribution in [3.8, 4) is 11.4 Å². The summed E-state index contributed by atoms with van der Waals surface area (Å²) in [6.07, 6.45) is 0. The Morgan fingerprint density at radius 3 is 2.43 bits per heavy atom. The van der Waals surface area contributed by atoms with Crippen LogP contribution in [-0.4, -0.2) is 21.1 Å². The largest absolute Gasteiger partial charge is 0.334 e. The molecule has 1 N–H and O–H groups in total. The third-order valence-corrected chi connectivity index (χ3v) is 6.00. The second kappa shape index (κ2) is 9.13. The first-order valence-corrected chi connectivity index (χ1v) is 11.1. The minimum absolute atomic E-state index is 0.185. The molecule has 0 radical (unpaired) electrons. The summed E-state index contributed by atoms with van der Waals surface area (Å²) in [5.41, 5.74) is 4.41. The number of aryl methyl sites for hydroxylation is 1. The van der Waals surface area contributed by atoms with Crippen molar-refractivity contribution in [3.05, 3.63) is 113 Å². The monoisotopic (exact) mass is 472 g/mol. The molecule has 0 saturated carbocycles. The first-order chi connectivity index (χ1) is 16.9. The number of rotatable bonds is 5. The average Bonchev–Trinajstić information content (AvgIpc) is 3.33. The van der Waals surface area contributed by atoms with Crippen LogP contribution >= 0.6 is 0 Å². The van der Waals surface area contributed by atoms with Crippen LogP contribution in [0.25, 0.3) is 17.0 Å². The molecule has 0 saturated heterocycles. The topological polar surface area (TPSA) is 71.3 Å². The summed E-state index contributed by atoms with van der Waals surface area (Å²) in [7, 11) is 0. The number of hydrogen-bond donors (Lipinski definition) is 1. The number of halogens is 2. The van der Waals surface area contributed by atoms with E-state index in [1.165, 1.54) is 24.3 Å². The van der Waals surface area contributed by atoms with Crippen LogP contribution in [0.2, 0.25) is 0 Å². The highest BCUT2D eigenvalue weighted by Gasteiger charge is 2.35. The Labute approximate surface area is 200 Å². The summed E-state index contributed by atoms with van der Waals surface area (Å²) in [5, 5.41) is 7.03. The third-order valence-electron chi connectivity index (χ3n) is 6.00. The maximum atomic E-state index is 13.7. The predicted octanol–water partition coefficient (Wildman–Crippen LogP) is 6.02. The molecule has 4 aromatic rings. The van der Waals surface area contributed by atoms with Crippen LogP contribution in [0, 0.1) is 18.6 Å². The smallest absolute Gasteiger partial charge is 0.322 e. The lowest BCUT2D eigenvalue weighted by molar-refractivity contribution is 0.203. The summed E-state index contributed by atoms with van der Waals surface area (Å²) in [6, 6.07) is 18.7. The molecule has 3 aromatic carbocycles. The zero-order chi connectivity index (χ0) is 24.5. The Morgan fingerprint density at radius 2 is 1.71 bits per heavy atom. The van der Waals surface area contributed by atoms with Gasteiger partial charge in [-0.05, 0) is 49.2 Å². The molecule has 1 atom stereocenters. The Balaban J connectivity index is 1.59. The minimum Gasteiger partial charge on any atom is -0.334 e. The maximum Gasteiger partial charge on any atom is 0.322 e. The molecular formula is C27H22F2N4O2. The minimum atomic E-state index is -0.641. The van der Waals surface area contributed by atoms with E-state index < -0.39 is 11.9 Å². The van der Waals surface area contributed by atoms with Crippen molar-refractivity contribution in [1.29, 1.82) is 0 Å². The van der Waals surface area contributed by atoms with Crippen LogP contribution in [0.5, 0.6) is 0 Å². The molecule has 1 aliphatic heterocycles. The number of allylic oxidation sites excluding steroid dienone is 1. The quantitative estimate of drug-likeness (QED) is 0.386. The third kappa shape index (κ3) is 4.55. The molecular weight excluding hydrogens is 450 g/mol. The van der Waals surface area contributed by atoms with Crippen molar-refractivity contribution in [2.75, 3.05) is 0 Å². The zero-order valence-electron chi connectivity index (χ0n) is 19.1. The highest BCUT2D eigenvalue weighted by atomic mass is 19.1. The Hall–Kier alpha value is -4.33. The van der Waals surface area contributed by atoms with E-state index in [1.807, 2.05) is 38.1 Å². The Morgan fingerprint density at radius 1 is 0.971 bits per heavy atom. The molecule has 176 valence electrons. The second-order valence-corrected chi connectivity index (χ2v) is 8.44. The normalized spacial score (nSPS) is 15.9. The number of carbonyl (C=O) groups excluding carboxylic acids is 1. The summed E-state index contributed by atoms with van der Waals surface area (Å²) in [4.78, 5) is 19.3. The van der Waals surface area contributed by atoms with Crippen LogP contribution in [0.15, 0.2) is 83.0 Å². The molecule has 2 amide bonds. The van der Waals surface area contributed by atoms with Crippen molar-refractivity contribution < 1.29 is 18.1 Å². The highest BCUT2D eigenvalue weighted by Crippen LogP contribution is 2.38. The van der Waals surface area contributed by atoms with Crippen molar-refractivity contribution in [3.63, 3.8) is 0 Å². The second-order valence-electron chi connectivity index (χ2n) is 8.44. The highest BCUT2D eigenvalue weighted by molar-refractivity contribution is 5.86. The number of amides is 2. The fraction of sp³-hybridized carbons (Fsp3) is 0.148. The van der Waals surface area contributed by atoms with E-state index in [9.17, 15) is 13.6 Å². The molecule has 5 rings (SSSR count). The fourth-order valence-electron chi connectivity index (χ4n) is 4.11. The van der Waals surface area contributed by atoms with Gasteiger partial charge in [0.2, 0.25) is 5.82 Å². The van der Waals surface area contributed by atoms with Crippen LogP contribution in [0.4, 0.5) is 13.6 Å². The van der Waals surface area contributed by atoms with Crippen LogP contribution in [-0.2, 0) is 6.54 Å². The summed E-state index contributed by atoms with van der Waals surface area (Å²) in [5.74, 6) is -0.391.